The van der Waals surface area contributed by atoms with Crippen LogP contribution in [0.2, 0.25) is 0 Å². The van der Waals surface area contributed by atoms with Crippen LogP contribution in [0.15, 0.2) is 30.3 Å². The maximum absolute atomic E-state index is 12.0. The lowest BCUT2D eigenvalue weighted by atomic mass is 9.82. The smallest absolute Gasteiger partial charge is 0.407 e. The van der Waals surface area contributed by atoms with E-state index in [2.05, 4.69) is 5.32 Å². The fraction of sp³-hybridized carbons (Fsp3) is 0.529. The summed E-state index contributed by atoms with van der Waals surface area (Å²) in [5.41, 5.74) is 6.76. The number of benzene rings is 1. The van der Waals surface area contributed by atoms with E-state index in [0.29, 0.717) is 0 Å². The zero-order valence-corrected chi connectivity index (χ0v) is 14.2. The molecule has 2 amide bonds. The summed E-state index contributed by atoms with van der Waals surface area (Å²) in [6.45, 7) is 6.11. The number of rotatable bonds is 3. The molecule has 7 heteroatoms. The normalized spacial score (nSPS) is 23.8. The monoisotopic (exact) mass is 335 g/mol. The van der Waals surface area contributed by atoms with Gasteiger partial charge < -0.3 is 25.8 Å². The van der Waals surface area contributed by atoms with Crippen LogP contribution >= 0.6 is 0 Å². The maximum atomic E-state index is 12.0. The van der Waals surface area contributed by atoms with Gasteiger partial charge in [-0.15, -0.1) is 0 Å². The zero-order valence-electron chi connectivity index (χ0n) is 14.2. The molecule has 7 nitrogen and oxygen atoms in total. The van der Waals surface area contributed by atoms with Crippen LogP contribution < -0.4 is 11.1 Å². The van der Waals surface area contributed by atoms with E-state index in [1.54, 1.807) is 0 Å². The summed E-state index contributed by atoms with van der Waals surface area (Å²) in [5, 5.41) is 12.1. The minimum Gasteiger partial charge on any atom is -0.465 e. The first-order chi connectivity index (χ1) is 11.2. The molecule has 0 bridgehead atoms. The fourth-order valence-electron chi connectivity index (χ4n) is 3.17. The molecule has 2 rings (SSSR count). The quantitative estimate of drug-likeness (QED) is 0.784. The van der Waals surface area contributed by atoms with E-state index in [0.717, 1.165) is 5.56 Å². The molecule has 1 fully saturated rings. The standard InChI is InChI=1S/C17H25N3O4/c1-17(2,3)14-13(18)12(9-20(14)16(22)23)19-15(21)24-10-11-7-5-4-6-8-11/h4-8,12-14H,9-10,18H2,1-3H3,(H,19,21)(H,22,23)/t12-,13+,14?/m1/s1. The Morgan fingerprint density at radius 1 is 1.33 bits per heavy atom. The van der Waals surface area contributed by atoms with Gasteiger partial charge >= 0.3 is 12.2 Å². The van der Waals surface area contributed by atoms with Crippen LogP contribution in [-0.2, 0) is 11.3 Å². The molecule has 0 spiro atoms. The molecular formula is C17H25N3O4. The lowest BCUT2D eigenvalue weighted by Crippen LogP contribution is -2.53. The average molecular weight is 335 g/mol. The van der Waals surface area contributed by atoms with Crippen LogP contribution in [0.3, 0.4) is 0 Å². The third-order valence-corrected chi connectivity index (χ3v) is 4.21. The molecule has 1 unspecified atom stereocenters. The molecule has 0 radical (unpaired) electrons. The van der Waals surface area contributed by atoms with E-state index < -0.39 is 24.3 Å². The first kappa shape index (κ1) is 18.1. The van der Waals surface area contributed by atoms with Crippen molar-refractivity contribution in [2.24, 2.45) is 11.1 Å². The van der Waals surface area contributed by atoms with Gasteiger partial charge in [0.1, 0.15) is 6.61 Å². The highest BCUT2D eigenvalue weighted by Crippen LogP contribution is 2.32. The number of nitrogens with two attached hydrogens (primary N) is 1. The molecule has 1 aliphatic rings. The average Bonchev–Trinajstić information content (AvgIpc) is 2.83. The lowest BCUT2D eigenvalue weighted by molar-refractivity contribution is 0.102. The largest absolute Gasteiger partial charge is 0.465 e. The predicted molar refractivity (Wildman–Crippen MR) is 89.5 cm³/mol. The summed E-state index contributed by atoms with van der Waals surface area (Å²) in [6.07, 6.45) is -1.63. The highest BCUT2D eigenvalue weighted by molar-refractivity contribution is 5.69. The van der Waals surface area contributed by atoms with Crippen LogP contribution in [0.5, 0.6) is 0 Å². The van der Waals surface area contributed by atoms with Gasteiger partial charge in [0.25, 0.3) is 0 Å². The summed E-state index contributed by atoms with van der Waals surface area (Å²) >= 11 is 0. The van der Waals surface area contributed by atoms with Gasteiger partial charge in [-0.05, 0) is 11.0 Å². The van der Waals surface area contributed by atoms with Gasteiger partial charge in [0.15, 0.2) is 0 Å². The van der Waals surface area contributed by atoms with Crippen molar-refractivity contribution in [1.82, 2.24) is 10.2 Å². The molecule has 4 N–H and O–H groups in total. The van der Waals surface area contributed by atoms with E-state index in [4.69, 9.17) is 10.5 Å². The number of carbonyl (C=O) groups is 2. The van der Waals surface area contributed by atoms with Gasteiger partial charge in [0.05, 0.1) is 12.1 Å². The summed E-state index contributed by atoms with van der Waals surface area (Å²) < 4.78 is 5.18. The molecule has 3 atom stereocenters. The Balaban J connectivity index is 1.96. The van der Waals surface area contributed by atoms with Crippen molar-refractivity contribution in [3.63, 3.8) is 0 Å². The van der Waals surface area contributed by atoms with Crippen LogP contribution in [0, 0.1) is 5.41 Å². The van der Waals surface area contributed by atoms with Crippen LogP contribution in [0.25, 0.3) is 0 Å². The first-order valence-corrected chi connectivity index (χ1v) is 7.92. The number of hydrogen-bond acceptors (Lipinski definition) is 4. The van der Waals surface area contributed by atoms with Crippen molar-refractivity contribution in [3.8, 4) is 0 Å². The molecular weight excluding hydrogens is 310 g/mol. The molecule has 1 heterocycles. The number of carbonyl (C=O) groups excluding carboxylic acids is 1. The Kier molecular flexibility index (Phi) is 5.33. The molecule has 0 aliphatic carbocycles. The maximum Gasteiger partial charge on any atom is 0.407 e. The number of hydrogen-bond donors (Lipinski definition) is 3. The Morgan fingerprint density at radius 3 is 2.46 bits per heavy atom. The molecule has 1 aliphatic heterocycles. The number of alkyl carbamates (subject to hydrolysis) is 1. The second-order valence-corrected chi connectivity index (χ2v) is 7.14. The molecule has 1 aromatic carbocycles. The number of amides is 2. The van der Waals surface area contributed by atoms with E-state index in [-0.39, 0.29) is 24.6 Å². The minimum atomic E-state index is -1.03. The summed E-state index contributed by atoms with van der Waals surface area (Å²) in [5.74, 6) is 0. The van der Waals surface area contributed by atoms with Crippen molar-refractivity contribution < 1.29 is 19.4 Å². The number of nitrogens with one attached hydrogen (secondary N) is 1. The molecule has 132 valence electrons. The topological polar surface area (TPSA) is 105 Å². The number of nitrogens with zero attached hydrogens (tertiary/aromatic N) is 1. The van der Waals surface area contributed by atoms with Crippen LogP contribution in [-0.4, -0.2) is 46.9 Å². The Labute approximate surface area is 141 Å². The number of carboxylic acid groups (broad SMARTS) is 1. The zero-order chi connectivity index (χ0) is 17.9. The van der Waals surface area contributed by atoms with Gasteiger partial charge in [-0.25, -0.2) is 9.59 Å². The third-order valence-electron chi connectivity index (χ3n) is 4.21. The molecule has 24 heavy (non-hydrogen) atoms. The van der Waals surface area contributed by atoms with Crippen molar-refractivity contribution in [1.29, 1.82) is 0 Å². The first-order valence-electron chi connectivity index (χ1n) is 7.92. The van der Waals surface area contributed by atoms with E-state index >= 15 is 0 Å². The van der Waals surface area contributed by atoms with E-state index in [1.807, 2.05) is 51.1 Å². The SMILES string of the molecule is CC(C)(C)C1[C@@H](N)[C@H](NC(=O)OCc2ccccc2)CN1C(=O)O. The van der Waals surface area contributed by atoms with Gasteiger partial charge in [0.2, 0.25) is 0 Å². The van der Waals surface area contributed by atoms with Crippen LogP contribution in [0.1, 0.15) is 26.3 Å². The van der Waals surface area contributed by atoms with Gasteiger partial charge in [0, 0.05) is 12.6 Å². The van der Waals surface area contributed by atoms with Gasteiger partial charge in [-0.2, -0.15) is 0 Å². The highest BCUT2D eigenvalue weighted by atomic mass is 16.5. The van der Waals surface area contributed by atoms with Crippen molar-refractivity contribution in [3.05, 3.63) is 35.9 Å². The second-order valence-electron chi connectivity index (χ2n) is 7.14. The van der Waals surface area contributed by atoms with Crippen molar-refractivity contribution in [2.45, 2.75) is 45.5 Å². The molecule has 0 aromatic heterocycles. The predicted octanol–water partition coefficient (Wildman–Crippen LogP) is 2.02. The summed E-state index contributed by atoms with van der Waals surface area (Å²) in [6, 6.07) is 7.97. The van der Waals surface area contributed by atoms with Crippen molar-refractivity contribution >= 4 is 12.2 Å². The highest BCUT2D eigenvalue weighted by Gasteiger charge is 2.48. The van der Waals surface area contributed by atoms with E-state index in [9.17, 15) is 14.7 Å². The van der Waals surface area contributed by atoms with Gasteiger partial charge in [-0.3, -0.25) is 0 Å². The number of ether oxygens (including phenoxy) is 1. The minimum absolute atomic E-state index is 0.152. The van der Waals surface area contributed by atoms with Gasteiger partial charge in [-0.1, -0.05) is 51.1 Å². The lowest BCUT2D eigenvalue weighted by Gasteiger charge is -2.35. The Morgan fingerprint density at radius 2 is 1.96 bits per heavy atom. The molecule has 1 saturated heterocycles. The van der Waals surface area contributed by atoms with Crippen molar-refractivity contribution in [2.75, 3.05) is 6.54 Å². The molecule has 1 aromatic rings. The summed E-state index contributed by atoms with van der Waals surface area (Å²) in [7, 11) is 0. The second kappa shape index (κ2) is 7.09. The third kappa shape index (κ3) is 4.17. The molecule has 0 saturated carbocycles. The Hall–Kier alpha value is -2.28. The Bertz CT molecular complexity index is 585. The van der Waals surface area contributed by atoms with E-state index in [1.165, 1.54) is 4.90 Å². The van der Waals surface area contributed by atoms with Crippen LogP contribution in [0.4, 0.5) is 9.59 Å². The number of likely N-dealkylation sites (tertiary alicyclic amines) is 1. The fourth-order valence-corrected chi connectivity index (χ4v) is 3.17. The summed E-state index contributed by atoms with van der Waals surface area (Å²) in [4.78, 5) is 24.8.